The van der Waals surface area contributed by atoms with Crippen molar-refractivity contribution in [2.45, 2.75) is 12.5 Å². The average Bonchev–Trinajstić information content (AvgIpc) is 3.09. The summed E-state index contributed by atoms with van der Waals surface area (Å²) in [4.78, 5) is 7.49. The van der Waals surface area contributed by atoms with E-state index in [4.69, 9.17) is 0 Å². The van der Waals surface area contributed by atoms with Gasteiger partial charge in [0.1, 0.15) is 17.3 Å². The molecule has 166 valence electrons. The molecule has 0 spiro atoms. The first-order chi connectivity index (χ1) is 14.6. The lowest BCUT2D eigenvalue weighted by Gasteiger charge is -2.35. The van der Waals surface area contributed by atoms with Crippen LogP contribution < -0.4 is 9.64 Å². The highest BCUT2D eigenvalue weighted by Gasteiger charge is 2.33. The third-order valence-corrected chi connectivity index (χ3v) is 4.89. The van der Waals surface area contributed by atoms with Crippen molar-refractivity contribution in [1.29, 1.82) is 0 Å². The van der Waals surface area contributed by atoms with Crippen LogP contribution in [0.25, 0.3) is 22.2 Å². The molecule has 1 aliphatic rings. The second-order valence-electron chi connectivity index (χ2n) is 7.11. The van der Waals surface area contributed by atoms with E-state index in [1.807, 2.05) is 4.90 Å². The molecule has 0 unspecified atom stereocenters. The third-order valence-electron chi connectivity index (χ3n) is 4.89. The molecule has 12 heteroatoms. The van der Waals surface area contributed by atoms with E-state index in [1.165, 1.54) is 29.3 Å². The number of alkyl halides is 6. The lowest BCUT2D eigenvalue weighted by molar-refractivity contribution is -0.274. The van der Waals surface area contributed by atoms with Gasteiger partial charge in [0.2, 0.25) is 0 Å². The summed E-state index contributed by atoms with van der Waals surface area (Å²) in [5.41, 5.74) is 1.56. The number of rotatable bonds is 4. The van der Waals surface area contributed by atoms with E-state index < -0.39 is 19.1 Å². The van der Waals surface area contributed by atoms with Crippen LogP contribution in [0.2, 0.25) is 0 Å². The van der Waals surface area contributed by atoms with Crippen LogP contribution in [0.4, 0.5) is 32.2 Å². The predicted octanol–water partition coefficient (Wildman–Crippen LogP) is 4.21. The molecule has 0 amide bonds. The van der Waals surface area contributed by atoms with Gasteiger partial charge in [0, 0.05) is 43.3 Å². The molecule has 6 nitrogen and oxygen atoms in total. The number of hydrogen-bond donors (Lipinski definition) is 1. The molecule has 0 bridgehead atoms. The van der Waals surface area contributed by atoms with Crippen LogP contribution in [0.3, 0.4) is 0 Å². The SMILES string of the molecule is FC(F)(F)CN1CCN(c2cc(-c3n[nH]c4ccc(OC(F)(F)F)cc34)ccn2)CC1. The van der Waals surface area contributed by atoms with Gasteiger partial charge >= 0.3 is 12.5 Å². The van der Waals surface area contributed by atoms with Gasteiger partial charge in [0.25, 0.3) is 0 Å². The Balaban J connectivity index is 1.55. The summed E-state index contributed by atoms with van der Waals surface area (Å²) in [5, 5.41) is 7.41. The Kier molecular flexibility index (Phi) is 5.42. The van der Waals surface area contributed by atoms with Crippen molar-refractivity contribution >= 4 is 16.7 Å². The van der Waals surface area contributed by atoms with Gasteiger partial charge in [0.05, 0.1) is 12.1 Å². The number of piperazine rings is 1. The fourth-order valence-corrected chi connectivity index (χ4v) is 3.54. The van der Waals surface area contributed by atoms with Crippen molar-refractivity contribution in [3.05, 3.63) is 36.5 Å². The molecular formula is C19H17F6N5O. The number of hydrogen-bond acceptors (Lipinski definition) is 5. The van der Waals surface area contributed by atoms with Gasteiger partial charge < -0.3 is 9.64 Å². The molecule has 1 N–H and O–H groups in total. The van der Waals surface area contributed by atoms with Crippen molar-refractivity contribution in [2.75, 3.05) is 37.6 Å². The van der Waals surface area contributed by atoms with Gasteiger partial charge in [-0.3, -0.25) is 10.00 Å². The highest BCUT2D eigenvalue weighted by Crippen LogP contribution is 2.32. The lowest BCUT2D eigenvalue weighted by atomic mass is 10.1. The fourth-order valence-electron chi connectivity index (χ4n) is 3.54. The normalized spacial score (nSPS) is 16.1. The van der Waals surface area contributed by atoms with Crippen molar-refractivity contribution in [3.63, 3.8) is 0 Å². The van der Waals surface area contributed by atoms with Crippen molar-refractivity contribution < 1.29 is 31.1 Å². The van der Waals surface area contributed by atoms with Gasteiger partial charge in [0.15, 0.2) is 0 Å². The maximum atomic E-state index is 12.6. The Hall–Kier alpha value is -3.02. The minimum absolute atomic E-state index is 0.245. The average molecular weight is 445 g/mol. The van der Waals surface area contributed by atoms with Gasteiger partial charge in [-0.25, -0.2) is 4.98 Å². The van der Waals surface area contributed by atoms with Crippen LogP contribution >= 0.6 is 0 Å². The number of halogens is 6. The number of pyridine rings is 1. The van der Waals surface area contributed by atoms with Crippen LogP contribution in [0.15, 0.2) is 36.5 Å². The maximum absolute atomic E-state index is 12.6. The van der Waals surface area contributed by atoms with E-state index in [2.05, 4.69) is 19.9 Å². The summed E-state index contributed by atoms with van der Waals surface area (Å²) in [6.07, 6.45) is -7.52. The zero-order valence-electron chi connectivity index (χ0n) is 16.0. The minimum Gasteiger partial charge on any atom is -0.406 e. The number of H-pyrrole nitrogens is 1. The van der Waals surface area contributed by atoms with Crippen LogP contribution in [0, 0.1) is 0 Å². The highest BCUT2D eigenvalue weighted by atomic mass is 19.4. The Morgan fingerprint density at radius 1 is 0.968 bits per heavy atom. The molecule has 1 saturated heterocycles. The highest BCUT2D eigenvalue weighted by molar-refractivity contribution is 5.94. The summed E-state index contributed by atoms with van der Waals surface area (Å²) >= 11 is 0. The second kappa shape index (κ2) is 7.91. The summed E-state index contributed by atoms with van der Waals surface area (Å²) in [7, 11) is 0. The molecule has 3 aromatic rings. The number of fused-ring (bicyclic) bond motifs is 1. The zero-order valence-corrected chi connectivity index (χ0v) is 16.0. The Morgan fingerprint density at radius 2 is 1.71 bits per heavy atom. The number of aromatic amines is 1. The Morgan fingerprint density at radius 3 is 2.39 bits per heavy atom. The van der Waals surface area contributed by atoms with Gasteiger partial charge in [-0.1, -0.05) is 0 Å². The number of nitrogens with one attached hydrogen (secondary N) is 1. The predicted molar refractivity (Wildman–Crippen MR) is 101 cm³/mol. The van der Waals surface area contributed by atoms with E-state index in [1.54, 1.807) is 12.1 Å². The molecule has 31 heavy (non-hydrogen) atoms. The molecule has 3 heterocycles. The largest absolute Gasteiger partial charge is 0.573 e. The number of nitrogens with zero attached hydrogens (tertiary/aromatic N) is 4. The number of ether oxygens (including phenoxy) is 1. The van der Waals surface area contributed by atoms with Crippen molar-refractivity contribution in [1.82, 2.24) is 20.1 Å². The number of benzene rings is 1. The van der Waals surface area contributed by atoms with E-state index in [-0.39, 0.29) is 18.8 Å². The molecule has 0 saturated carbocycles. The van der Waals surface area contributed by atoms with Crippen LogP contribution in [0.1, 0.15) is 0 Å². The van der Waals surface area contributed by atoms with Gasteiger partial charge in [-0.05, 0) is 30.3 Å². The van der Waals surface area contributed by atoms with E-state index in [0.29, 0.717) is 41.1 Å². The smallest absolute Gasteiger partial charge is 0.406 e. The first-order valence-corrected chi connectivity index (χ1v) is 9.32. The Labute approximate surface area is 172 Å². The number of aromatic nitrogens is 3. The van der Waals surface area contributed by atoms with Gasteiger partial charge in [-0.15, -0.1) is 13.2 Å². The zero-order chi connectivity index (χ0) is 22.2. The molecular weight excluding hydrogens is 428 g/mol. The van der Waals surface area contributed by atoms with Crippen LogP contribution in [0.5, 0.6) is 5.75 Å². The molecule has 1 aliphatic heterocycles. The van der Waals surface area contributed by atoms with Crippen LogP contribution in [-0.4, -0.2) is 65.3 Å². The monoisotopic (exact) mass is 445 g/mol. The topological polar surface area (TPSA) is 57.3 Å². The van der Waals surface area contributed by atoms with Crippen molar-refractivity contribution in [3.8, 4) is 17.0 Å². The first kappa shape index (κ1) is 21.2. The quantitative estimate of drug-likeness (QED) is 0.610. The lowest BCUT2D eigenvalue weighted by Crippen LogP contribution is -2.49. The molecule has 0 aliphatic carbocycles. The molecule has 0 radical (unpaired) electrons. The van der Waals surface area contributed by atoms with E-state index in [9.17, 15) is 26.3 Å². The third kappa shape index (κ3) is 5.19. The molecule has 0 atom stereocenters. The molecule has 1 aromatic carbocycles. The summed E-state index contributed by atoms with van der Waals surface area (Å²) < 4.78 is 79.3. The molecule has 2 aromatic heterocycles. The van der Waals surface area contributed by atoms with Crippen LogP contribution in [-0.2, 0) is 0 Å². The summed E-state index contributed by atoms with van der Waals surface area (Å²) in [6, 6.07) is 7.26. The molecule has 1 fully saturated rings. The maximum Gasteiger partial charge on any atom is 0.573 e. The first-order valence-electron chi connectivity index (χ1n) is 9.32. The Bertz CT molecular complexity index is 1060. The van der Waals surface area contributed by atoms with E-state index in [0.717, 1.165) is 0 Å². The fraction of sp³-hybridized carbons (Fsp3) is 0.368. The van der Waals surface area contributed by atoms with Crippen molar-refractivity contribution in [2.24, 2.45) is 0 Å². The number of anilines is 1. The second-order valence-corrected chi connectivity index (χ2v) is 7.11. The molecule has 4 rings (SSSR count). The summed E-state index contributed by atoms with van der Waals surface area (Å²) in [6.45, 7) is 0.286. The summed E-state index contributed by atoms with van der Waals surface area (Å²) in [5.74, 6) is 0.195. The minimum atomic E-state index is -4.81. The van der Waals surface area contributed by atoms with E-state index >= 15 is 0 Å². The van der Waals surface area contributed by atoms with Gasteiger partial charge in [-0.2, -0.15) is 18.3 Å². The standard InChI is InChI=1S/C19H17F6N5O/c20-18(21,22)11-29-5-7-30(8-6-29)16-9-12(3-4-26-16)17-14-10-13(31-19(23,24)25)1-2-15(14)27-28-17/h1-4,9-10H,5-8,11H2,(H,27,28).